The quantitative estimate of drug-likeness (QED) is 0.461. The standard InChI is InChI=1S/C7H11NOS/c1-5(2)4-7(9)8-6(3)10/h4,10H,3H2,1-2H3,(H,8,9). The van der Waals surface area contributed by atoms with E-state index in [9.17, 15) is 4.79 Å². The number of hydrogen-bond donors (Lipinski definition) is 2. The number of carbonyl (C=O) groups excluding carboxylic acids is 1. The first-order valence-electron chi connectivity index (χ1n) is 2.86. The van der Waals surface area contributed by atoms with E-state index in [2.05, 4.69) is 24.5 Å². The summed E-state index contributed by atoms with van der Waals surface area (Å²) in [5.74, 6) is -0.181. The van der Waals surface area contributed by atoms with Crippen LogP contribution in [0.3, 0.4) is 0 Å². The van der Waals surface area contributed by atoms with Crippen LogP contribution in [0.2, 0.25) is 0 Å². The predicted octanol–water partition coefficient (Wildman–Crippen LogP) is 1.47. The molecule has 0 atom stereocenters. The Balaban J connectivity index is 3.88. The maximum atomic E-state index is 10.8. The van der Waals surface area contributed by atoms with Gasteiger partial charge in [-0.2, -0.15) is 0 Å². The fraction of sp³-hybridized carbons (Fsp3) is 0.286. The lowest BCUT2D eigenvalue weighted by Crippen LogP contribution is -2.16. The lowest BCUT2D eigenvalue weighted by Gasteiger charge is -1.97. The van der Waals surface area contributed by atoms with Crippen LogP contribution < -0.4 is 5.32 Å². The van der Waals surface area contributed by atoms with Crippen LogP contribution in [0.5, 0.6) is 0 Å². The Hall–Kier alpha value is -0.700. The Morgan fingerprint density at radius 2 is 2.10 bits per heavy atom. The molecule has 0 aromatic heterocycles. The second kappa shape index (κ2) is 4.17. The van der Waals surface area contributed by atoms with Crippen molar-refractivity contribution in [3.63, 3.8) is 0 Å². The summed E-state index contributed by atoms with van der Waals surface area (Å²) >= 11 is 3.80. The molecule has 0 bridgehead atoms. The van der Waals surface area contributed by atoms with Crippen LogP contribution in [0.4, 0.5) is 0 Å². The van der Waals surface area contributed by atoms with Gasteiger partial charge in [0.2, 0.25) is 5.91 Å². The fourth-order valence-corrected chi connectivity index (χ4v) is 0.551. The second-order valence-corrected chi connectivity index (χ2v) is 2.70. The maximum absolute atomic E-state index is 10.8. The zero-order chi connectivity index (χ0) is 8.15. The summed E-state index contributed by atoms with van der Waals surface area (Å²) in [6.07, 6.45) is 1.49. The smallest absolute Gasteiger partial charge is 0.248 e. The predicted molar refractivity (Wildman–Crippen MR) is 45.7 cm³/mol. The maximum Gasteiger partial charge on any atom is 0.248 e. The van der Waals surface area contributed by atoms with Crippen LogP contribution in [-0.4, -0.2) is 5.91 Å². The van der Waals surface area contributed by atoms with Gasteiger partial charge in [0, 0.05) is 6.08 Å². The SMILES string of the molecule is C=C(S)NC(=O)C=C(C)C. The van der Waals surface area contributed by atoms with E-state index >= 15 is 0 Å². The summed E-state index contributed by atoms with van der Waals surface area (Å²) in [6.45, 7) is 7.10. The molecule has 0 unspecified atom stereocenters. The van der Waals surface area contributed by atoms with Gasteiger partial charge in [-0.25, -0.2) is 0 Å². The number of nitrogens with one attached hydrogen (secondary N) is 1. The average Bonchev–Trinajstić information content (AvgIpc) is 1.58. The van der Waals surface area contributed by atoms with Crippen molar-refractivity contribution in [2.75, 3.05) is 0 Å². The number of hydrogen-bond acceptors (Lipinski definition) is 2. The first-order valence-corrected chi connectivity index (χ1v) is 3.31. The van der Waals surface area contributed by atoms with Gasteiger partial charge in [-0.1, -0.05) is 12.2 Å². The van der Waals surface area contributed by atoms with E-state index in [4.69, 9.17) is 0 Å². The summed E-state index contributed by atoms with van der Waals surface area (Å²) < 4.78 is 0. The third-order valence-electron chi connectivity index (χ3n) is 0.687. The number of rotatable bonds is 2. The summed E-state index contributed by atoms with van der Waals surface area (Å²) in [6, 6.07) is 0. The molecule has 0 aromatic rings. The Bertz CT molecular complexity index is 180. The molecular weight excluding hydrogens is 146 g/mol. The molecule has 1 N–H and O–H groups in total. The van der Waals surface area contributed by atoms with E-state index < -0.39 is 0 Å². The van der Waals surface area contributed by atoms with Crippen molar-refractivity contribution in [1.82, 2.24) is 5.32 Å². The lowest BCUT2D eigenvalue weighted by molar-refractivity contribution is -0.115. The van der Waals surface area contributed by atoms with E-state index in [-0.39, 0.29) is 5.91 Å². The molecule has 0 fully saturated rings. The summed E-state index contributed by atoms with van der Waals surface area (Å²) in [7, 11) is 0. The van der Waals surface area contributed by atoms with Gasteiger partial charge in [0.25, 0.3) is 0 Å². The molecular formula is C7H11NOS. The molecule has 0 heterocycles. The highest BCUT2D eigenvalue weighted by Gasteiger charge is 1.93. The van der Waals surface area contributed by atoms with Crippen LogP contribution in [0.15, 0.2) is 23.3 Å². The molecule has 3 heteroatoms. The minimum atomic E-state index is -0.181. The summed E-state index contributed by atoms with van der Waals surface area (Å²) in [4.78, 5) is 10.8. The Kier molecular flexibility index (Phi) is 3.88. The van der Waals surface area contributed by atoms with Gasteiger partial charge in [-0.05, 0) is 13.8 Å². The van der Waals surface area contributed by atoms with E-state index in [1.165, 1.54) is 6.08 Å². The highest BCUT2D eigenvalue weighted by atomic mass is 32.1. The monoisotopic (exact) mass is 157 g/mol. The minimum absolute atomic E-state index is 0.181. The molecule has 0 aliphatic carbocycles. The van der Waals surface area contributed by atoms with Gasteiger partial charge in [0.15, 0.2) is 0 Å². The summed E-state index contributed by atoms with van der Waals surface area (Å²) in [5.41, 5.74) is 0.951. The first kappa shape index (κ1) is 9.30. The lowest BCUT2D eigenvalue weighted by atomic mass is 10.3. The Morgan fingerprint density at radius 1 is 1.60 bits per heavy atom. The van der Waals surface area contributed by atoms with Crippen LogP contribution in [-0.2, 0) is 4.79 Å². The third-order valence-corrected chi connectivity index (χ3v) is 0.799. The van der Waals surface area contributed by atoms with Gasteiger partial charge in [-0.3, -0.25) is 4.79 Å². The molecule has 10 heavy (non-hydrogen) atoms. The molecule has 0 rings (SSSR count). The zero-order valence-electron chi connectivity index (χ0n) is 6.14. The van der Waals surface area contributed by atoms with Gasteiger partial charge < -0.3 is 5.32 Å². The molecule has 0 aliphatic rings. The molecule has 0 saturated carbocycles. The summed E-state index contributed by atoms with van der Waals surface area (Å²) in [5, 5.41) is 2.79. The van der Waals surface area contributed by atoms with Crippen molar-refractivity contribution in [2.24, 2.45) is 0 Å². The fourth-order valence-electron chi connectivity index (χ4n) is 0.440. The van der Waals surface area contributed by atoms with E-state index in [0.717, 1.165) is 5.57 Å². The average molecular weight is 157 g/mol. The van der Waals surface area contributed by atoms with Crippen LogP contribution in [0, 0.1) is 0 Å². The number of amides is 1. The van der Waals surface area contributed by atoms with Gasteiger partial charge in [0.1, 0.15) is 0 Å². The largest absolute Gasteiger partial charge is 0.318 e. The highest BCUT2D eigenvalue weighted by Crippen LogP contribution is 1.91. The Morgan fingerprint density at radius 3 is 2.40 bits per heavy atom. The van der Waals surface area contributed by atoms with Crippen LogP contribution >= 0.6 is 12.6 Å². The highest BCUT2D eigenvalue weighted by molar-refractivity contribution is 7.84. The van der Waals surface area contributed by atoms with E-state index in [0.29, 0.717) is 5.03 Å². The van der Waals surface area contributed by atoms with Crippen LogP contribution in [0.1, 0.15) is 13.8 Å². The normalized spacial score (nSPS) is 8.30. The van der Waals surface area contributed by atoms with Crippen molar-refractivity contribution in [2.45, 2.75) is 13.8 Å². The van der Waals surface area contributed by atoms with Crippen molar-refractivity contribution >= 4 is 18.5 Å². The minimum Gasteiger partial charge on any atom is -0.318 e. The molecule has 0 aromatic carbocycles. The second-order valence-electron chi connectivity index (χ2n) is 2.16. The molecule has 0 aliphatic heterocycles. The molecule has 2 nitrogen and oxygen atoms in total. The van der Waals surface area contributed by atoms with Gasteiger partial charge in [0.05, 0.1) is 5.03 Å². The van der Waals surface area contributed by atoms with Crippen molar-refractivity contribution in [3.05, 3.63) is 23.3 Å². The van der Waals surface area contributed by atoms with Crippen molar-refractivity contribution in [1.29, 1.82) is 0 Å². The number of thiol groups is 1. The zero-order valence-corrected chi connectivity index (χ0v) is 7.03. The van der Waals surface area contributed by atoms with Crippen molar-refractivity contribution < 1.29 is 4.79 Å². The van der Waals surface area contributed by atoms with Gasteiger partial charge >= 0.3 is 0 Å². The topological polar surface area (TPSA) is 29.1 Å². The van der Waals surface area contributed by atoms with Crippen molar-refractivity contribution in [3.8, 4) is 0 Å². The number of carbonyl (C=O) groups is 1. The van der Waals surface area contributed by atoms with Crippen LogP contribution in [0.25, 0.3) is 0 Å². The number of allylic oxidation sites excluding steroid dienone is 1. The molecule has 56 valence electrons. The third kappa shape index (κ3) is 5.44. The van der Waals surface area contributed by atoms with Gasteiger partial charge in [-0.15, -0.1) is 12.6 Å². The first-order chi connectivity index (χ1) is 4.52. The van der Waals surface area contributed by atoms with E-state index in [1.54, 1.807) is 0 Å². The Labute approximate surface area is 66.4 Å². The molecule has 0 saturated heterocycles. The molecule has 0 radical (unpaired) electrons. The molecule has 0 spiro atoms. The van der Waals surface area contributed by atoms with E-state index in [1.807, 2.05) is 13.8 Å². The molecule has 1 amide bonds.